The summed E-state index contributed by atoms with van der Waals surface area (Å²) >= 11 is 0. The van der Waals surface area contributed by atoms with Crippen LogP contribution >= 0.6 is 0 Å². The van der Waals surface area contributed by atoms with E-state index in [0.717, 1.165) is 18.9 Å². The van der Waals surface area contributed by atoms with Crippen molar-refractivity contribution in [2.45, 2.75) is 58.3 Å². The second kappa shape index (κ2) is 6.82. The van der Waals surface area contributed by atoms with Crippen molar-refractivity contribution in [1.82, 2.24) is 14.5 Å². The second-order valence-corrected chi connectivity index (χ2v) is 8.25. The Morgan fingerprint density at radius 3 is 2.50 bits per heavy atom. The molecule has 3 aromatic rings. The van der Waals surface area contributed by atoms with Crippen molar-refractivity contribution in [3.63, 3.8) is 0 Å². The lowest BCUT2D eigenvalue weighted by Crippen LogP contribution is -2.28. The van der Waals surface area contributed by atoms with Gasteiger partial charge in [0.05, 0.1) is 11.6 Å². The minimum atomic E-state index is -4.41. The molecule has 5 nitrogen and oxygen atoms in total. The molecule has 0 radical (unpaired) electrons. The quantitative estimate of drug-likeness (QED) is 0.642. The van der Waals surface area contributed by atoms with Gasteiger partial charge in [0.25, 0.3) is 5.56 Å². The maximum atomic E-state index is 13.3. The van der Waals surface area contributed by atoms with Gasteiger partial charge < -0.3 is 9.88 Å². The third-order valence-corrected chi connectivity index (χ3v) is 5.93. The minimum Gasteiger partial charge on any atom is -0.363 e. The van der Waals surface area contributed by atoms with Gasteiger partial charge in [-0.2, -0.15) is 13.2 Å². The Morgan fingerprint density at radius 2 is 1.87 bits per heavy atom. The van der Waals surface area contributed by atoms with Gasteiger partial charge in [0.2, 0.25) is 0 Å². The van der Waals surface area contributed by atoms with E-state index < -0.39 is 17.8 Å². The van der Waals surface area contributed by atoms with Crippen LogP contribution in [-0.4, -0.2) is 14.5 Å². The highest BCUT2D eigenvalue weighted by atomic mass is 19.4. The topological polar surface area (TPSA) is 59.8 Å². The third-order valence-electron chi connectivity index (χ3n) is 5.93. The second-order valence-electron chi connectivity index (χ2n) is 8.25. The van der Waals surface area contributed by atoms with Crippen molar-refractivity contribution >= 4 is 16.7 Å². The maximum absolute atomic E-state index is 13.3. The summed E-state index contributed by atoms with van der Waals surface area (Å²) in [5.41, 5.74) is 0.00724. The van der Waals surface area contributed by atoms with E-state index in [1.807, 2.05) is 6.92 Å². The molecule has 1 aliphatic carbocycles. The molecule has 1 saturated carbocycles. The predicted octanol–water partition coefficient (Wildman–Crippen LogP) is 5.11. The number of nitrogens with one attached hydrogen (secondary N) is 1. The summed E-state index contributed by atoms with van der Waals surface area (Å²) in [4.78, 5) is 21.8. The number of aromatic nitrogens is 3. The van der Waals surface area contributed by atoms with Crippen LogP contribution in [0.15, 0.2) is 35.3 Å². The van der Waals surface area contributed by atoms with Crippen molar-refractivity contribution in [2.75, 3.05) is 5.32 Å². The maximum Gasteiger partial charge on any atom is 0.416 e. The number of halogens is 3. The highest BCUT2D eigenvalue weighted by Crippen LogP contribution is 2.42. The summed E-state index contributed by atoms with van der Waals surface area (Å²) in [5, 5.41) is 3.75. The zero-order chi connectivity index (χ0) is 21.8. The summed E-state index contributed by atoms with van der Waals surface area (Å²) in [7, 11) is 0. The van der Waals surface area contributed by atoms with Crippen molar-refractivity contribution in [2.24, 2.45) is 0 Å². The largest absolute Gasteiger partial charge is 0.416 e. The average Bonchev–Trinajstić information content (AvgIpc) is 3.40. The van der Waals surface area contributed by atoms with E-state index >= 15 is 0 Å². The summed E-state index contributed by atoms with van der Waals surface area (Å²) in [6.45, 7) is 6.97. The number of anilines is 1. The Bertz CT molecular complexity index is 1200. The number of hydrogen-bond acceptors (Lipinski definition) is 4. The average molecular weight is 416 g/mol. The molecular weight excluding hydrogens is 393 g/mol. The monoisotopic (exact) mass is 416 g/mol. The molecule has 2 aromatic heterocycles. The lowest BCUT2D eigenvalue weighted by Gasteiger charge is -2.21. The van der Waals surface area contributed by atoms with Crippen molar-refractivity contribution < 1.29 is 13.2 Å². The summed E-state index contributed by atoms with van der Waals surface area (Å²) in [6, 6.07) is 5.50. The fourth-order valence-electron chi connectivity index (χ4n) is 3.90. The number of fused-ring (bicyclic) bond motifs is 1. The van der Waals surface area contributed by atoms with Gasteiger partial charge in [-0.05, 0) is 63.8 Å². The third kappa shape index (κ3) is 3.44. The van der Waals surface area contributed by atoms with Gasteiger partial charge in [-0.25, -0.2) is 9.97 Å². The molecule has 8 heteroatoms. The lowest BCUT2D eigenvalue weighted by molar-refractivity contribution is -0.138. The molecule has 0 saturated heterocycles. The van der Waals surface area contributed by atoms with Crippen LogP contribution in [0, 0.1) is 13.8 Å². The molecule has 30 heavy (non-hydrogen) atoms. The Kier molecular flexibility index (Phi) is 4.63. The number of benzene rings is 1. The van der Waals surface area contributed by atoms with E-state index in [9.17, 15) is 18.0 Å². The minimum absolute atomic E-state index is 0.167. The van der Waals surface area contributed by atoms with Gasteiger partial charge in [-0.15, -0.1) is 0 Å². The molecule has 1 N–H and O–H groups in total. The van der Waals surface area contributed by atoms with E-state index in [-0.39, 0.29) is 16.7 Å². The number of hydrogen-bond donors (Lipinski definition) is 1. The first-order chi connectivity index (χ1) is 14.0. The number of aryl methyl sites for hydroxylation is 1. The molecule has 1 fully saturated rings. The van der Waals surface area contributed by atoms with E-state index in [4.69, 9.17) is 0 Å². The van der Waals surface area contributed by atoms with Gasteiger partial charge >= 0.3 is 6.18 Å². The van der Waals surface area contributed by atoms with Crippen LogP contribution in [0.25, 0.3) is 10.9 Å². The van der Waals surface area contributed by atoms with E-state index in [1.54, 1.807) is 36.7 Å². The van der Waals surface area contributed by atoms with Crippen LogP contribution in [0.4, 0.5) is 19.0 Å². The fraction of sp³-hybridized carbons (Fsp3) is 0.409. The van der Waals surface area contributed by atoms with Crippen LogP contribution < -0.4 is 10.9 Å². The number of rotatable bonds is 4. The lowest BCUT2D eigenvalue weighted by atomic mass is 9.97. The Labute approximate surface area is 172 Å². The molecule has 0 unspecified atom stereocenters. The highest BCUT2D eigenvalue weighted by molar-refractivity contribution is 5.88. The Balaban J connectivity index is 1.76. The summed E-state index contributed by atoms with van der Waals surface area (Å²) < 4.78 is 41.6. The van der Waals surface area contributed by atoms with Crippen molar-refractivity contribution in [3.05, 3.63) is 63.3 Å². The smallest absolute Gasteiger partial charge is 0.363 e. The zero-order valence-electron chi connectivity index (χ0n) is 17.3. The van der Waals surface area contributed by atoms with Gasteiger partial charge in [0, 0.05) is 17.1 Å². The molecule has 0 aliphatic heterocycles. The van der Waals surface area contributed by atoms with Gasteiger partial charge in [-0.3, -0.25) is 4.79 Å². The number of nitrogens with zero attached hydrogens (tertiary/aromatic N) is 3. The first-order valence-electron chi connectivity index (χ1n) is 9.85. The van der Waals surface area contributed by atoms with E-state index in [0.29, 0.717) is 28.1 Å². The van der Waals surface area contributed by atoms with Crippen LogP contribution in [-0.2, 0) is 11.7 Å². The van der Waals surface area contributed by atoms with Crippen LogP contribution in [0.2, 0.25) is 0 Å². The molecule has 1 aliphatic rings. The molecule has 1 aromatic carbocycles. The predicted molar refractivity (Wildman–Crippen MR) is 110 cm³/mol. The molecule has 0 bridgehead atoms. The van der Waals surface area contributed by atoms with E-state index in [1.165, 1.54) is 13.0 Å². The number of alkyl halides is 3. The zero-order valence-corrected chi connectivity index (χ0v) is 17.3. The normalized spacial score (nSPS) is 16.5. The van der Waals surface area contributed by atoms with Crippen molar-refractivity contribution in [1.29, 1.82) is 0 Å². The van der Waals surface area contributed by atoms with Crippen LogP contribution in [0.1, 0.15) is 55.2 Å². The van der Waals surface area contributed by atoms with Crippen LogP contribution in [0.5, 0.6) is 0 Å². The van der Waals surface area contributed by atoms with Crippen molar-refractivity contribution in [3.8, 4) is 0 Å². The molecule has 0 spiro atoms. The first-order valence-corrected chi connectivity index (χ1v) is 9.85. The summed E-state index contributed by atoms with van der Waals surface area (Å²) in [5.74, 6) is 0.862. The molecular formula is C22H23F3N4O. The Morgan fingerprint density at radius 1 is 1.17 bits per heavy atom. The fourth-order valence-corrected chi connectivity index (χ4v) is 3.90. The highest BCUT2D eigenvalue weighted by Gasteiger charge is 2.40. The molecule has 158 valence electrons. The SMILES string of the molecule is Cc1nc(N[C@H](C)c2cccc(C(F)(F)F)c2C)c2ccn(C3(C)CC3)c(=O)c2n1. The van der Waals surface area contributed by atoms with Gasteiger partial charge in [-0.1, -0.05) is 12.1 Å². The number of pyridine rings is 1. The van der Waals surface area contributed by atoms with Crippen LogP contribution in [0.3, 0.4) is 0 Å². The molecule has 1 atom stereocenters. The summed E-state index contributed by atoms with van der Waals surface area (Å²) in [6.07, 6.45) is -0.775. The first kappa shape index (κ1) is 20.4. The Hall–Kier alpha value is -2.90. The van der Waals surface area contributed by atoms with Gasteiger partial charge in [0.1, 0.15) is 17.2 Å². The molecule has 2 heterocycles. The molecule has 0 amide bonds. The molecule has 4 rings (SSSR count). The van der Waals surface area contributed by atoms with Gasteiger partial charge in [0.15, 0.2) is 0 Å². The van der Waals surface area contributed by atoms with E-state index in [2.05, 4.69) is 15.3 Å². The standard InChI is InChI=1S/C22H23F3N4O/c1-12-15(6-5-7-17(12)22(23,24)25)13(2)26-19-16-8-11-29(21(4)9-10-21)20(30)18(16)27-14(3)28-19/h5-8,11,13H,9-10H2,1-4H3,(H,26,27,28)/t13-/m1/s1.